The number of amides is 3. The molecule has 4 rings (SSSR count). The standard InChI is InChI=1S/C28H38N4O4S/c1-18(2)37-27-20(16-28(3,4)5)19-6-7-22(33)21(26(19)29-27)17-30-12-14-31(15-13-30)23(34)10-11-32-24(35)8-9-25(32)36/h6-9,18,29,33H,10-17H2,1-5H3. The molecule has 2 aliphatic heterocycles. The van der Waals surface area contributed by atoms with Crippen LogP contribution in [0.25, 0.3) is 10.9 Å². The molecule has 0 radical (unpaired) electrons. The smallest absolute Gasteiger partial charge is 0.253 e. The van der Waals surface area contributed by atoms with Gasteiger partial charge < -0.3 is 15.0 Å². The summed E-state index contributed by atoms with van der Waals surface area (Å²) in [7, 11) is 0. The van der Waals surface area contributed by atoms with Crippen LogP contribution in [0.5, 0.6) is 5.75 Å². The van der Waals surface area contributed by atoms with E-state index >= 15 is 0 Å². The van der Waals surface area contributed by atoms with Crippen LogP contribution in [0.1, 0.15) is 52.2 Å². The quantitative estimate of drug-likeness (QED) is 0.400. The maximum absolute atomic E-state index is 12.7. The van der Waals surface area contributed by atoms with Gasteiger partial charge in [0, 0.05) is 74.0 Å². The fourth-order valence-electron chi connectivity index (χ4n) is 4.94. The number of hydrogen-bond acceptors (Lipinski definition) is 6. The molecule has 0 saturated carbocycles. The van der Waals surface area contributed by atoms with E-state index in [1.54, 1.807) is 11.0 Å². The van der Waals surface area contributed by atoms with Gasteiger partial charge in [-0.05, 0) is 29.5 Å². The summed E-state index contributed by atoms with van der Waals surface area (Å²) in [5, 5.41) is 13.6. The first-order chi connectivity index (χ1) is 17.4. The number of thioether (sulfide) groups is 1. The Hall–Kier alpha value is -2.78. The van der Waals surface area contributed by atoms with Gasteiger partial charge in [-0.3, -0.25) is 24.2 Å². The van der Waals surface area contributed by atoms with E-state index in [4.69, 9.17) is 0 Å². The molecule has 3 amide bonds. The van der Waals surface area contributed by atoms with Crippen LogP contribution in [-0.4, -0.2) is 80.5 Å². The van der Waals surface area contributed by atoms with Crippen molar-refractivity contribution in [3.63, 3.8) is 0 Å². The SMILES string of the molecule is CC(C)Sc1[nH]c2c(CN3CCN(C(=O)CCN4C(=O)C=CC4=O)CC3)c(O)ccc2c1CC(C)(C)C. The van der Waals surface area contributed by atoms with Gasteiger partial charge in [0.15, 0.2) is 0 Å². The number of aromatic amines is 1. The van der Waals surface area contributed by atoms with Crippen LogP contribution in [0.15, 0.2) is 29.3 Å². The largest absolute Gasteiger partial charge is 0.508 e. The molecular formula is C28H38N4O4S. The average Bonchev–Trinajstić information content (AvgIpc) is 3.31. The number of benzene rings is 1. The molecule has 1 aromatic carbocycles. The first-order valence-corrected chi connectivity index (χ1v) is 13.9. The number of phenols is 1. The lowest BCUT2D eigenvalue weighted by atomic mass is 9.88. The number of imide groups is 1. The molecule has 1 aromatic heterocycles. The van der Waals surface area contributed by atoms with Gasteiger partial charge in [-0.2, -0.15) is 0 Å². The zero-order valence-electron chi connectivity index (χ0n) is 22.5. The Morgan fingerprint density at radius 3 is 2.30 bits per heavy atom. The van der Waals surface area contributed by atoms with Gasteiger partial charge in [-0.1, -0.05) is 34.6 Å². The molecule has 1 saturated heterocycles. The molecule has 200 valence electrons. The van der Waals surface area contributed by atoms with E-state index in [2.05, 4.69) is 44.5 Å². The number of nitrogens with one attached hydrogen (secondary N) is 1. The van der Waals surface area contributed by atoms with Crippen LogP contribution < -0.4 is 0 Å². The highest BCUT2D eigenvalue weighted by atomic mass is 32.2. The summed E-state index contributed by atoms with van der Waals surface area (Å²) in [6.07, 6.45) is 3.55. The van der Waals surface area contributed by atoms with E-state index in [0.29, 0.717) is 38.0 Å². The Bertz CT molecular complexity index is 1200. The number of carbonyl (C=O) groups excluding carboxylic acids is 3. The number of phenolic OH excluding ortho intramolecular Hbond substituents is 1. The minimum Gasteiger partial charge on any atom is -0.508 e. The fourth-order valence-corrected chi connectivity index (χ4v) is 5.90. The van der Waals surface area contributed by atoms with Crippen LogP contribution >= 0.6 is 11.8 Å². The number of piperazine rings is 1. The highest BCUT2D eigenvalue weighted by Gasteiger charge is 2.27. The van der Waals surface area contributed by atoms with Crippen LogP contribution in [0.4, 0.5) is 0 Å². The molecule has 3 heterocycles. The summed E-state index contributed by atoms with van der Waals surface area (Å²) in [4.78, 5) is 44.9. The average molecular weight is 527 g/mol. The van der Waals surface area contributed by atoms with E-state index in [0.717, 1.165) is 22.4 Å². The van der Waals surface area contributed by atoms with E-state index < -0.39 is 0 Å². The summed E-state index contributed by atoms with van der Waals surface area (Å²) in [5.74, 6) is -0.490. The van der Waals surface area contributed by atoms with Crippen LogP contribution in [0.3, 0.4) is 0 Å². The van der Waals surface area contributed by atoms with Gasteiger partial charge in [0.2, 0.25) is 5.91 Å². The summed E-state index contributed by atoms with van der Waals surface area (Å²) in [6.45, 7) is 14.3. The van der Waals surface area contributed by atoms with E-state index in [1.807, 2.05) is 17.8 Å². The molecule has 2 aromatic rings. The summed E-state index contributed by atoms with van der Waals surface area (Å²) >= 11 is 1.83. The number of aromatic hydroxyl groups is 1. The van der Waals surface area contributed by atoms with E-state index in [1.165, 1.54) is 28.1 Å². The lowest BCUT2D eigenvalue weighted by Crippen LogP contribution is -2.49. The third-order valence-corrected chi connectivity index (χ3v) is 7.80. The molecule has 0 bridgehead atoms. The second-order valence-electron chi connectivity index (χ2n) is 11.4. The first kappa shape index (κ1) is 27.3. The van der Waals surface area contributed by atoms with Gasteiger partial charge in [0.05, 0.1) is 10.5 Å². The van der Waals surface area contributed by atoms with Crippen LogP contribution in [-0.2, 0) is 27.3 Å². The topological polar surface area (TPSA) is 97.0 Å². The minimum atomic E-state index is -0.360. The molecule has 1 fully saturated rings. The molecule has 0 aliphatic carbocycles. The Labute approximate surface area is 223 Å². The van der Waals surface area contributed by atoms with Crippen molar-refractivity contribution < 1.29 is 19.5 Å². The van der Waals surface area contributed by atoms with Crippen LogP contribution in [0.2, 0.25) is 0 Å². The molecule has 9 heteroatoms. The summed E-state index contributed by atoms with van der Waals surface area (Å²) < 4.78 is 0. The second-order valence-corrected chi connectivity index (χ2v) is 13.0. The van der Waals surface area contributed by atoms with Crippen molar-refractivity contribution in [2.45, 2.75) is 64.3 Å². The Morgan fingerprint density at radius 2 is 1.70 bits per heavy atom. The molecule has 0 atom stereocenters. The fraction of sp³-hybridized carbons (Fsp3) is 0.536. The third kappa shape index (κ3) is 6.38. The number of carbonyl (C=O) groups is 3. The molecule has 8 nitrogen and oxygen atoms in total. The highest BCUT2D eigenvalue weighted by Crippen LogP contribution is 2.39. The molecular weight excluding hydrogens is 488 g/mol. The Balaban J connectivity index is 1.44. The van der Waals surface area contributed by atoms with Crippen molar-refractivity contribution in [1.29, 1.82) is 0 Å². The second kappa shape index (κ2) is 10.9. The van der Waals surface area contributed by atoms with Gasteiger partial charge in [-0.25, -0.2) is 0 Å². The first-order valence-electron chi connectivity index (χ1n) is 13.0. The zero-order valence-corrected chi connectivity index (χ0v) is 23.3. The van der Waals surface area contributed by atoms with E-state index in [9.17, 15) is 19.5 Å². The number of hydrogen-bond donors (Lipinski definition) is 2. The molecule has 2 N–H and O–H groups in total. The monoisotopic (exact) mass is 526 g/mol. The summed E-state index contributed by atoms with van der Waals surface area (Å²) in [5.41, 5.74) is 3.33. The van der Waals surface area contributed by atoms with Gasteiger partial charge >= 0.3 is 0 Å². The van der Waals surface area contributed by atoms with Crippen molar-refractivity contribution in [3.8, 4) is 5.75 Å². The normalized spacial score (nSPS) is 17.1. The van der Waals surface area contributed by atoms with E-state index in [-0.39, 0.29) is 41.9 Å². The van der Waals surface area contributed by atoms with Gasteiger partial charge in [0.25, 0.3) is 11.8 Å². The Morgan fingerprint density at radius 1 is 1.05 bits per heavy atom. The predicted molar refractivity (Wildman–Crippen MR) is 146 cm³/mol. The van der Waals surface area contributed by atoms with Crippen molar-refractivity contribution >= 4 is 40.4 Å². The maximum Gasteiger partial charge on any atom is 0.253 e. The highest BCUT2D eigenvalue weighted by molar-refractivity contribution is 7.99. The zero-order chi connectivity index (χ0) is 26.9. The third-order valence-electron chi connectivity index (χ3n) is 6.74. The Kier molecular flexibility index (Phi) is 8.04. The molecule has 0 unspecified atom stereocenters. The lowest BCUT2D eigenvalue weighted by molar-refractivity contribution is -0.138. The number of aromatic nitrogens is 1. The predicted octanol–water partition coefficient (Wildman–Crippen LogP) is 3.92. The number of rotatable bonds is 8. The van der Waals surface area contributed by atoms with Crippen molar-refractivity contribution in [2.24, 2.45) is 5.41 Å². The molecule has 2 aliphatic rings. The summed E-state index contributed by atoms with van der Waals surface area (Å²) in [6, 6.07) is 3.83. The number of H-pyrrole nitrogens is 1. The molecule has 37 heavy (non-hydrogen) atoms. The van der Waals surface area contributed by atoms with Crippen LogP contribution in [0, 0.1) is 5.41 Å². The van der Waals surface area contributed by atoms with Gasteiger partial charge in [-0.15, -0.1) is 11.8 Å². The molecule has 0 spiro atoms. The lowest BCUT2D eigenvalue weighted by Gasteiger charge is -2.35. The number of fused-ring (bicyclic) bond motifs is 1. The van der Waals surface area contributed by atoms with Gasteiger partial charge in [0.1, 0.15) is 5.75 Å². The van der Waals surface area contributed by atoms with Crippen molar-refractivity contribution in [1.82, 2.24) is 19.7 Å². The van der Waals surface area contributed by atoms with Crippen molar-refractivity contribution in [3.05, 3.63) is 35.4 Å². The minimum absolute atomic E-state index is 0.0522. The van der Waals surface area contributed by atoms with Crippen molar-refractivity contribution in [2.75, 3.05) is 32.7 Å². The number of nitrogens with zero attached hydrogens (tertiary/aromatic N) is 3. The maximum atomic E-state index is 12.7.